The summed E-state index contributed by atoms with van der Waals surface area (Å²) >= 11 is 6.21. The minimum Gasteiger partial charge on any atom is -0.263 e. The summed E-state index contributed by atoms with van der Waals surface area (Å²) in [5.41, 5.74) is 0. The van der Waals surface area contributed by atoms with Gasteiger partial charge in [-0.2, -0.15) is 0 Å². The van der Waals surface area contributed by atoms with E-state index in [-0.39, 0.29) is 0 Å². The number of hydrogen-bond donors (Lipinski definition) is 0. The third-order valence-electron chi connectivity index (χ3n) is 3.90. The summed E-state index contributed by atoms with van der Waals surface area (Å²) in [6, 6.07) is 14.1. The van der Waals surface area contributed by atoms with E-state index in [9.17, 15) is 0 Å². The predicted molar refractivity (Wildman–Crippen MR) is 89.6 cm³/mol. The highest BCUT2D eigenvalue weighted by Gasteiger charge is 2.42. The van der Waals surface area contributed by atoms with Gasteiger partial charge in [0.1, 0.15) is 0 Å². The Labute approximate surface area is 120 Å². The van der Waals surface area contributed by atoms with Gasteiger partial charge in [0.25, 0.3) is 0 Å². The molecule has 0 radical (unpaired) electrons. The van der Waals surface area contributed by atoms with Gasteiger partial charge in [-0.25, -0.2) is 0 Å². The maximum Gasteiger partial charge on any atom is 0.0727 e. The molecule has 0 saturated heterocycles. The first-order valence-corrected chi connectivity index (χ1v) is 9.65. The van der Waals surface area contributed by atoms with Crippen molar-refractivity contribution in [2.24, 2.45) is 0 Å². The third kappa shape index (κ3) is 1.67. The van der Waals surface area contributed by atoms with E-state index < -0.39 is 6.19 Å². The van der Waals surface area contributed by atoms with E-state index in [2.05, 4.69) is 68.8 Å². The quantitative estimate of drug-likeness (QED) is 0.794. The van der Waals surface area contributed by atoms with Crippen LogP contribution in [0, 0.1) is 0 Å². The average Bonchev–Trinajstić information content (AvgIpc) is 2.36. The highest BCUT2D eigenvalue weighted by atomic mass is 32.4. The van der Waals surface area contributed by atoms with Crippen molar-refractivity contribution >= 4 is 39.4 Å². The van der Waals surface area contributed by atoms with Crippen molar-refractivity contribution < 1.29 is 0 Å². The van der Waals surface area contributed by atoms with Crippen LogP contribution in [0.2, 0.25) is 0 Å². The molecule has 3 rings (SSSR count). The van der Waals surface area contributed by atoms with Crippen molar-refractivity contribution in [3.05, 3.63) is 36.4 Å². The van der Waals surface area contributed by atoms with Crippen molar-refractivity contribution in [3.63, 3.8) is 0 Å². The Hall–Kier alpha value is -0.690. The molecule has 2 aromatic carbocycles. The number of hydrogen-bond acceptors (Lipinski definition) is 1. The number of rotatable bonds is 3. The zero-order valence-corrected chi connectivity index (χ0v) is 13.6. The van der Waals surface area contributed by atoms with E-state index in [1.807, 2.05) is 0 Å². The molecular weight excluding hydrogens is 269 g/mol. The first kappa shape index (κ1) is 13.3. The van der Waals surface area contributed by atoms with E-state index in [1.165, 1.54) is 21.4 Å². The van der Waals surface area contributed by atoms with Crippen LogP contribution in [0.1, 0.15) is 27.7 Å². The van der Waals surface area contributed by atoms with Crippen molar-refractivity contribution in [2.75, 3.05) is 0 Å². The molecule has 0 amide bonds. The van der Waals surface area contributed by atoms with Crippen LogP contribution in [-0.4, -0.2) is 16.8 Å². The van der Waals surface area contributed by atoms with Crippen LogP contribution < -0.4 is 10.6 Å². The van der Waals surface area contributed by atoms with E-state index in [0.29, 0.717) is 12.1 Å². The second kappa shape index (κ2) is 4.41. The fourth-order valence-electron chi connectivity index (χ4n) is 3.38. The average molecular weight is 289 g/mol. The van der Waals surface area contributed by atoms with Gasteiger partial charge in [-0.15, -0.1) is 0 Å². The third-order valence-corrected chi connectivity index (χ3v) is 9.27. The maximum atomic E-state index is 6.21. The molecule has 1 heterocycles. The Balaban J connectivity index is 2.25. The summed E-state index contributed by atoms with van der Waals surface area (Å²) in [6.45, 7) is 9.04. The summed E-state index contributed by atoms with van der Waals surface area (Å²) in [7, 11) is 0. The lowest BCUT2D eigenvalue weighted by Gasteiger charge is -2.47. The Kier molecular flexibility index (Phi) is 3.09. The van der Waals surface area contributed by atoms with Gasteiger partial charge in [-0.3, -0.25) is 4.67 Å². The van der Waals surface area contributed by atoms with Crippen LogP contribution >= 0.6 is 6.19 Å². The topological polar surface area (TPSA) is 3.24 Å². The molecule has 3 heteroatoms. The molecule has 0 aliphatic carbocycles. The van der Waals surface area contributed by atoms with Crippen LogP contribution in [0.25, 0.3) is 10.8 Å². The second-order valence-corrected chi connectivity index (χ2v) is 9.96. The lowest BCUT2D eigenvalue weighted by Crippen LogP contribution is -2.46. The molecule has 1 aliphatic rings. The molecule has 1 aliphatic heterocycles. The van der Waals surface area contributed by atoms with E-state index in [0.717, 1.165) is 0 Å². The standard InChI is InChI=1S/C16H20NPS/c1-11(2)17(12(3)4)18(19)14-9-5-7-13-8-6-10-15(18)16(13)14/h5-12H,1-4H3. The van der Waals surface area contributed by atoms with E-state index >= 15 is 0 Å². The molecule has 1 nitrogen and oxygen atoms in total. The van der Waals surface area contributed by atoms with E-state index in [4.69, 9.17) is 11.8 Å². The first-order valence-electron chi connectivity index (χ1n) is 6.89. The zero-order valence-electron chi connectivity index (χ0n) is 11.9. The summed E-state index contributed by atoms with van der Waals surface area (Å²) in [4.78, 5) is 0. The Morgan fingerprint density at radius 2 is 1.37 bits per heavy atom. The number of nitrogens with zero attached hydrogens (tertiary/aromatic N) is 1. The van der Waals surface area contributed by atoms with Crippen LogP contribution in [0.5, 0.6) is 0 Å². The fraction of sp³-hybridized carbons (Fsp3) is 0.375. The molecule has 0 unspecified atom stereocenters. The minimum absolute atomic E-state index is 0.481. The molecule has 2 aromatic rings. The summed E-state index contributed by atoms with van der Waals surface area (Å²) in [5, 5.41) is 5.58. The van der Waals surface area contributed by atoms with Gasteiger partial charge in [-0.05, 0) is 33.1 Å². The van der Waals surface area contributed by atoms with Gasteiger partial charge in [0.2, 0.25) is 0 Å². The molecule has 0 atom stereocenters. The largest absolute Gasteiger partial charge is 0.263 e. The van der Waals surface area contributed by atoms with Crippen LogP contribution in [0.4, 0.5) is 0 Å². The molecule has 0 N–H and O–H groups in total. The lowest BCUT2D eigenvalue weighted by atomic mass is 10.1. The summed E-state index contributed by atoms with van der Waals surface area (Å²) in [6.07, 6.45) is -1.71. The molecule has 19 heavy (non-hydrogen) atoms. The predicted octanol–water partition coefficient (Wildman–Crippen LogP) is 3.62. The molecule has 0 bridgehead atoms. The Morgan fingerprint density at radius 3 is 1.79 bits per heavy atom. The second-order valence-electron chi connectivity index (χ2n) is 5.80. The zero-order chi connectivity index (χ0) is 13.8. The van der Waals surface area contributed by atoms with Gasteiger partial charge >= 0.3 is 0 Å². The first-order chi connectivity index (χ1) is 8.98. The van der Waals surface area contributed by atoms with Crippen molar-refractivity contribution in [2.45, 2.75) is 39.8 Å². The normalized spacial score (nSPS) is 16.4. The molecule has 0 spiro atoms. The van der Waals surface area contributed by atoms with Crippen LogP contribution in [0.3, 0.4) is 0 Å². The van der Waals surface area contributed by atoms with Crippen molar-refractivity contribution in [3.8, 4) is 0 Å². The van der Waals surface area contributed by atoms with Gasteiger partial charge in [0.05, 0.1) is 6.19 Å². The molecule has 0 fully saturated rings. The van der Waals surface area contributed by atoms with Gasteiger partial charge in [0.15, 0.2) is 0 Å². The summed E-state index contributed by atoms with van der Waals surface area (Å²) in [5.74, 6) is 0. The Bertz CT molecular complexity index is 639. The van der Waals surface area contributed by atoms with Gasteiger partial charge in [0, 0.05) is 28.1 Å². The minimum atomic E-state index is -1.71. The molecule has 100 valence electrons. The van der Waals surface area contributed by atoms with Crippen LogP contribution in [-0.2, 0) is 11.8 Å². The Morgan fingerprint density at radius 1 is 0.895 bits per heavy atom. The van der Waals surface area contributed by atoms with Crippen molar-refractivity contribution in [1.29, 1.82) is 0 Å². The molecular formula is C16H20NPS. The van der Waals surface area contributed by atoms with Gasteiger partial charge < -0.3 is 0 Å². The summed E-state index contributed by atoms with van der Waals surface area (Å²) < 4.78 is 2.55. The smallest absolute Gasteiger partial charge is 0.0727 e. The number of benzene rings is 2. The van der Waals surface area contributed by atoms with E-state index in [1.54, 1.807) is 0 Å². The maximum absolute atomic E-state index is 6.21. The van der Waals surface area contributed by atoms with Crippen molar-refractivity contribution in [1.82, 2.24) is 4.67 Å². The monoisotopic (exact) mass is 289 g/mol. The van der Waals surface area contributed by atoms with Crippen LogP contribution in [0.15, 0.2) is 36.4 Å². The molecule has 0 aromatic heterocycles. The highest BCUT2D eigenvalue weighted by molar-refractivity contribution is 8.22. The lowest BCUT2D eigenvalue weighted by molar-refractivity contribution is 0.326. The SMILES string of the molecule is CC(C)N(C(C)C)P1(=S)c2cccc3cccc1c23. The fourth-order valence-corrected chi connectivity index (χ4v) is 9.00. The molecule has 0 saturated carbocycles. The van der Waals surface area contributed by atoms with Gasteiger partial charge in [-0.1, -0.05) is 48.2 Å². The highest BCUT2D eigenvalue weighted by Crippen LogP contribution is 2.58.